The zero-order valence-electron chi connectivity index (χ0n) is 21.4. The van der Waals surface area contributed by atoms with Gasteiger partial charge in [0.25, 0.3) is 5.91 Å². The third-order valence-electron chi connectivity index (χ3n) is 6.68. The topological polar surface area (TPSA) is 85.0 Å². The molecule has 2 atom stereocenters. The average molecular weight is 530 g/mol. The first kappa shape index (κ1) is 27.2. The molecule has 0 fully saturated rings. The van der Waals surface area contributed by atoms with Gasteiger partial charge < -0.3 is 20.4 Å². The Kier molecular flexibility index (Phi) is 7.77. The highest BCUT2D eigenvalue weighted by Gasteiger charge is 2.48. The lowest BCUT2D eigenvalue weighted by molar-refractivity contribution is -0.138. The van der Waals surface area contributed by atoms with E-state index in [0.717, 1.165) is 6.07 Å². The molecule has 0 saturated heterocycles. The third kappa shape index (κ3) is 5.24. The van der Waals surface area contributed by atoms with E-state index in [2.05, 4.69) is 10.6 Å². The van der Waals surface area contributed by atoms with E-state index in [1.54, 1.807) is 37.3 Å². The number of nitrogens with zero attached hydrogens (tertiary/aromatic N) is 3. The van der Waals surface area contributed by atoms with E-state index in [-0.39, 0.29) is 24.2 Å². The van der Waals surface area contributed by atoms with Crippen LogP contribution in [0, 0.1) is 0 Å². The number of rotatable bonds is 8. The molecule has 0 aromatic heterocycles. The molecule has 0 aliphatic carbocycles. The Labute approximate surface area is 219 Å². The fourth-order valence-electron chi connectivity index (χ4n) is 4.90. The quantitative estimate of drug-likeness (QED) is 0.550. The Balaban J connectivity index is 1.77. The summed E-state index contributed by atoms with van der Waals surface area (Å²) in [5, 5.41) is 5.46. The second-order valence-electron chi connectivity index (χ2n) is 9.41. The van der Waals surface area contributed by atoms with E-state index in [1.165, 1.54) is 28.0 Å². The SMILES string of the molecule is CCN1C(=O)NC(c2ccccc2C(F)(F)F)C2=C1CN(C(C(=O)NCCN(C)C)c1ccccc1)C2=O. The molecule has 2 N–H and O–H groups in total. The van der Waals surface area contributed by atoms with Crippen LogP contribution in [0.1, 0.15) is 35.7 Å². The number of urea groups is 1. The van der Waals surface area contributed by atoms with Gasteiger partial charge in [-0.25, -0.2) is 4.79 Å². The van der Waals surface area contributed by atoms with E-state index in [1.807, 2.05) is 19.0 Å². The van der Waals surface area contributed by atoms with Crippen LogP contribution in [0.4, 0.5) is 18.0 Å². The van der Waals surface area contributed by atoms with Crippen LogP contribution in [-0.2, 0) is 15.8 Å². The van der Waals surface area contributed by atoms with E-state index in [0.29, 0.717) is 24.4 Å². The van der Waals surface area contributed by atoms with Crippen molar-refractivity contribution in [1.82, 2.24) is 25.3 Å². The summed E-state index contributed by atoms with van der Waals surface area (Å²) < 4.78 is 41.7. The number of hydrogen-bond donors (Lipinski definition) is 2. The zero-order valence-corrected chi connectivity index (χ0v) is 21.4. The largest absolute Gasteiger partial charge is 0.416 e. The molecular formula is C27H30F3N5O3. The fourth-order valence-corrected chi connectivity index (χ4v) is 4.90. The van der Waals surface area contributed by atoms with Crippen molar-refractivity contribution in [3.05, 3.63) is 82.6 Å². The van der Waals surface area contributed by atoms with E-state index in [4.69, 9.17) is 0 Å². The van der Waals surface area contributed by atoms with Gasteiger partial charge in [0.2, 0.25) is 5.91 Å². The van der Waals surface area contributed by atoms with Crippen molar-refractivity contribution in [2.75, 3.05) is 40.3 Å². The van der Waals surface area contributed by atoms with Crippen molar-refractivity contribution >= 4 is 17.8 Å². The Morgan fingerprint density at radius 2 is 1.76 bits per heavy atom. The molecule has 2 aliphatic rings. The van der Waals surface area contributed by atoms with Crippen molar-refractivity contribution in [1.29, 1.82) is 0 Å². The van der Waals surface area contributed by atoms with Gasteiger partial charge in [0, 0.05) is 19.6 Å². The fraction of sp³-hybridized carbons (Fsp3) is 0.370. The zero-order chi connectivity index (χ0) is 27.6. The number of amides is 4. The molecule has 4 amide bonds. The normalized spacial score (nSPS) is 18.6. The minimum absolute atomic E-state index is 0.0326. The predicted octanol–water partition coefficient (Wildman–Crippen LogP) is 3.31. The second-order valence-corrected chi connectivity index (χ2v) is 9.41. The lowest BCUT2D eigenvalue weighted by atomic mass is 9.91. The average Bonchev–Trinajstić information content (AvgIpc) is 3.20. The molecule has 0 saturated carbocycles. The van der Waals surface area contributed by atoms with Crippen molar-refractivity contribution in [2.45, 2.75) is 25.2 Å². The smallest absolute Gasteiger partial charge is 0.353 e. The maximum Gasteiger partial charge on any atom is 0.416 e. The van der Waals surface area contributed by atoms with Crippen molar-refractivity contribution < 1.29 is 27.6 Å². The molecule has 2 aromatic rings. The number of nitrogens with one attached hydrogen (secondary N) is 2. The number of likely N-dealkylation sites (N-methyl/N-ethyl adjacent to an activating group) is 2. The van der Waals surface area contributed by atoms with E-state index >= 15 is 0 Å². The number of benzene rings is 2. The van der Waals surface area contributed by atoms with Gasteiger partial charge in [-0.1, -0.05) is 48.5 Å². The van der Waals surface area contributed by atoms with Crippen molar-refractivity contribution in [3.63, 3.8) is 0 Å². The Hall–Kier alpha value is -3.86. The summed E-state index contributed by atoms with van der Waals surface area (Å²) in [4.78, 5) is 45.0. The predicted molar refractivity (Wildman–Crippen MR) is 135 cm³/mol. The minimum Gasteiger partial charge on any atom is -0.353 e. The minimum atomic E-state index is -4.69. The molecule has 2 unspecified atom stereocenters. The molecule has 2 aliphatic heterocycles. The Bertz CT molecular complexity index is 1250. The standard InChI is InChI=1S/C27H30F3N5O3/c1-4-34-20-16-35(23(17-10-6-5-7-11-17)24(36)31-14-15-33(2)3)25(37)21(20)22(32-26(34)38)18-12-8-9-13-19(18)27(28,29)30/h5-13,22-23H,4,14-16H2,1-3H3,(H,31,36)(H,32,38). The van der Waals surface area contributed by atoms with Crippen LogP contribution < -0.4 is 10.6 Å². The van der Waals surface area contributed by atoms with Gasteiger partial charge in [-0.15, -0.1) is 0 Å². The van der Waals surface area contributed by atoms with Crippen LogP contribution in [-0.4, -0.2) is 72.8 Å². The molecule has 8 nitrogen and oxygen atoms in total. The molecule has 0 bridgehead atoms. The van der Waals surface area contributed by atoms with Gasteiger partial charge in [-0.2, -0.15) is 13.2 Å². The Morgan fingerprint density at radius 1 is 1.11 bits per heavy atom. The summed E-state index contributed by atoms with van der Waals surface area (Å²) in [6.45, 7) is 2.73. The first-order chi connectivity index (χ1) is 18.0. The molecule has 4 rings (SSSR count). The maximum absolute atomic E-state index is 14.0. The number of alkyl halides is 3. The molecule has 11 heteroatoms. The summed E-state index contributed by atoms with van der Waals surface area (Å²) in [5.41, 5.74) is -0.277. The first-order valence-electron chi connectivity index (χ1n) is 12.3. The van der Waals surface area contributed by atoms with E-state index < -0.39 is 41.7 Å². The molecular weight excluding hydrogens is 499 g/mol. The van der Waals surface area contributed by atoms with Crippen molar-refractivity contribution in [2.24, 2.45) is 0 Å². The maximum atomic E-state index is 14.0. The highest BCUT2D eigenvalue weighted by molar-refractivity contribution is 6.04. The van der Waals surface area contributed by atoms with Gasteiger partial charge in [0.05, 0.1) is 29.4 Å². The number of hydrogen-bond acceptors (Lipinski definition) is 4. The molecule has 0 spiro atoms. The molecule has 0 radical (unpaired) electrons. The highest BCUT2D eigenvalue weighted by atomic mass is 19.4. The van der Waals surface area contributed by atoms with Gasteiger partial charge in [0.15, 0.2) is 0 Å². The lowest BCUT2D eigenvalue weighted by Crippen LogP contribution is -2.47. The summed E-state index contributed by atoms with van der Waals surface area (Å²) >= 11 is 0. The lowest BCUT2D eigenvalue weighted by Gasteiger charge is -2.33. The number of carbonyl (C=O) groups excluding carboxylic acids is 3. The van der Waals surface area contributed by atoms with Gasteiger partial charge in [-0.3, -0.25) is 14.5 Å². The van der Waals surface area contributed by atoms with Gasteiger partial charge in [-0.05, 0) is 38.2 Å². The van der Waals surface area contributed by atoms with Crippen LogP contribution in [0.15, 0.2) is 65.9 Å². The van der Waals surface area contributed by atoms with Crippen LogP contribution >= 0.6 is 0 Å². The van der Waals surface area contributed by atoms with Crippen LogP contribution in [0.5, 0.6) is 0 Å². The summed E-state index contributed by atoms with van der Waals surface area (Å²) in [6, 6.07) is 10.6. The highest BCUT2D eigenvalue weighted by Crippen LogP contribution is 2.43. The molecule has 38 heavy (non-hydrogen) atoms. The summed E-state index contributed by atoms with van der Waals surface area (Å²) in [5.74, 6) is -1.02. The van der Waals surface area contributed by atoms with Crippen LogP contribution in [0.2, 0.25) is 0 Å². The van der Waals surface area contributed by atoms with Crippen LogP contribution in [0.25, 0.3) is 0 Å². The molecule has 2 aromatic carbocycles. The second kappa shape index (κ2) is 10.9. The molecule has 2 heterocycles. The number of halogens is 3. The number of carbonyl (C=O) groups is 3. The van der Waals surface area contributed by atoms with Gasteiger partial charge in [0.1, 0.15) is 6.04 Å². The summed E-state index contributed by atoms with van der Waals surface area (Å²) in [7, 11) is 3.73. The summed E-state index contributed by atoms with van der Waals surface area (Å²) in [6.07, 6.45) is -4.69. The van der Waals surface area contributed by atoms with Gasteiger partial charge >= 0.3 is 12.2 Å². The molecule has 202 valence electrons. The van der Waals surface area contributed by atoms with Crippen molar-refractivity contribution in [3.8, 4) is 0 Å². The Morgan fingerprint density at radius 3 is 2.39 bits per heavy atom. The first-order valence-corrected chi connectivity index (χ1v) is 12.3. The van der Waals surface area contributed by atoms with Crippen LogP contribution in [0.3, 0.4) is 0 Å². The van der Waals surface area contributed by atoms with E-state index in [9.17, 15) is 27.6 Å². The third-order valence-corrected chi connectivity index (χ3v) is 6.68. The monoisotopic (exact) mass is 529 g/mol.